The van der Waals surface area contributed by atoms with Crippen molar-refractivity contribution >= 4 is 5.97 Å². The first kappa shape index (κ1) is 24.5. The summed E-state index contributed by atoms with van der Waals surface area (Å²) in [4.78, 5) is 9.25. The molecule has 0 saturated heterocycles. The third-order valence-electron chi connectivity index (χ3n) is 0.175. The van der Waals surface area contributed by atoms with Crippen LogP contribution in [-0.2, 0) is 42.0 Å². The summed E-state index contributed by atoms with van der Waals surface area (Å²) >= 11 is 0. The molecule has 0 amide bonds. The molecule has 0 aliphatic rings. The van der Waals surface area contributed by atoms with Gasteiger partial charge < -0.3 is 16.1 Å². The summed E-state index contributed by atoms with van der Waals surface area (Å²) in [5.41, 5.74) is 0. The Bertz CT molecular complexity index is 62.3. The molecule has 4 nitrogen and oxygen atoms in total. The molecule has 8 heavy (non-hydrogen) atoms. The molecule has 44 valence electrons. The molecule has 0 aliphatic carbocycles. The van der Waals surface area contributed by atoms with Crippen LogP contribution in [0, 0.1) is 0 Å². The van der Waals surface area contributed by atoms with Crippen LogP contribution in [-0.4, -0.2) is 11.1 Å². The summed E-state index contributed by atoms with van der Waals surface area (Å²) in [5, 5.41) is 7.60. The van der Waals surface area contributed by atoms with Gasteiger partial charge in [-0.3, -0.25) is 0 Å². The van der Waals surface area contributed by atoms with Gasteiger partial charge in [0, 0.05) is 6.08 Å². The van der Waals surface area contributed by atoms with Gasteiger partial charge in [-0.2, -0.15) is 0 Å². The first-order chi connectivity index (χ1) is 2.27. The van der Waals surface area contributed by atoms with Gasteiger partial charge in [-0.1, -0.05) is 6.58 Å². The minimum absolute atomic E-state index is 0. The predicted molar refractivity (Wildman–Crippen MR) is 19.2 cm³/mol. The van der Waals surface area contributed by atoms with E-state index < -0.39 is 5.97 Å². The fourth-order valence-corrected chi connectivity index (χ4v) is 0. The Morgan fingerprint density at radius 3 is 1.62 bits per heavy atom. The molecule has 0 aromatic carbocycles. The van der Waals surface area contributed by atoms with Crippen molar-refractivity contribution in [2.75, 3.05) is 0 Å². The Balaban J connectivity index is -0.0000000267. The van der Waals surface area contributed by atoms with Gasteiger partial charge in [0.2, 0.25) is 0 Å². The third-order valence-corrected chi connectivity index (χ3v) is 0.175. The maximum absolute atomic E-state index is 9.25. The Morgan fingerprint density at radius 2 is 1.62 bits per heavy atom. The van der Waals surface area contributed by atoms with Crippen molar-refractivity contribution in [3.8, 4) is 0 Å². The number of carboxylic acids is 1. The van der Waals surface area contributed by atoms with E-state index in [9.17, 15) is 4.79 Å². The zero-order valence-electron chi connectivity index (χ0n) is 3.96. The first-order valence-corrected chi connectivity index (χ1v) is 1.12. The van der Waals surface area contributed by atoms with Crippen molar-refractivity contribution in [1.82, 2.24) is 0 Å². The quantitative estimate of drug-likeness (QED) is 0.597. The van der Waals surface area contributed by atoms with E-state index in [0.29, 0.717) is 0 Å². The van der Waals surface area contributed by atoms with Crippen molar-refractivity contribution in [2.24, 2.45) is 0 Å². The molecule has 0 rings (SSSR count). The zero-order valence-corrected chi connectivity index (χ0v) is 6.41. The van der Waals surface area contributed by atoms with E-state index in [0.717, 1.165) is 6.08 Å². The molecule has 0 unspecified atom stereocenters. The van der Waals surface area contributed by atoms with Crippen LogP contribution in [0.25, 0.3) is 0 Å². The maximum Gasteiger partial charge on any atom is 4.00 e. The third kappa shape index (κ3) is 37.3. The van der Waals surface area contributed by atoms with Crippen molar-refractivity contribution < 1.29 is 47.1 Å². The van der Waals surface area contributed by atoms with Crippen LogP contribution in [0.2, 0.25) is 0 Å². The molecule has 0 bridgehead atoms. The summed E-state index contributed by atoms with van der Waals surface area (Å²) in [6, 6.07) is 0. The molecule has 0 atom stereocenters. The van der Waals surface area contributed by atoms with Crippen LogP contribution in [0.3, 0.4) is 0 Å². The average Bonchev–Trinajstić information content (AvgIpc) is 1.38. The van der Waals surface area contributed by atoms with E-state index in [2.05, 4.69) is 6.58 Å². The van der Waals surface area contributed by atoms with Crippen molar-refractivity contribution in [3.05, 3.63) is 12.7 Å². The molecule has 0 heterocycles. The maximum atomic E-state index is 9.25. The second-order valence-electron chi connectivity index (χ2n) is 0.542. The number of carbonyl (C=O) groups is 1. The molecule has 0 aromatic heterocycles. The predicted octanol–water partition coefficient (Wildman–Crippen LogP) is 0.0169. The number of aliphatic carboxylic acids is 1. The van der Waals surface area contributed by atoms with Gasteiger partial charge in [0.15, 0.2) is 0 Å². The molecule has 0 aliphatic heterocycles. The standard InChI is InChI=1S/C3H4O2.2O.Zr/c1-2-3(4)5;;;/h2H,1H2,(H,4,5);;;/q;2*-2;+4. The topological polar surface area (TPSA) is 94.3 Å². The van der Waals surface area contributed by atoms with Crippen LogP contribution in [0.15, 0.2) is 12.7 Å². The fourth-order valence-electron chi connectivity index (χ4n) is 0. The van der Waals surface area contributed by atoms with Crippen molar-refractivity contribution in [2.45, 2.75) is 0 Å². The van der Waals surface area contributed by atoms with Crippen LogP contribution < -0.4 is 0 Å². The SMILES string of the molecule is C=CC(=O)O.[O-2].[O-2].[Zr+4]. The van der Waals surface area contributed by atoms with E-state index in [1.807, 2.05) is 0 Å². The van der Waals surface area contributed by atoms with Crippen LogP contribution >= 0.6 is 0 Å². The molecule has 0 aromatic rings. The Labute approximate surface area is 65.9 Å². The van der Waals surface area contributed by atoms with E-state index in [1.54, 1.807) is 0 Å². The summed E-state index contributed by atoms with van der Waals surface area (Å²) < 4.78 is 0. The molecular weight excluding hydrogens is 191 g/mol. The van der Waals surface area contributed by atoms with Gasteiger partial charge in [0.05, 0.1) is 0 Å². The minimum Gasteiger partial charge on any atom is -2.00 e. The molecule has 0 saturated carbocycles. The molecule has 5 heteroatoms. The minimum atomic E-state index is -0.981. The number of rotatable bonds is 1. The molecule has 0 radical (unpaired) electrons. The van der Waals surface area contributed by atoms with Crippen LogP contribution in [0.1, 0.15) is 0 Å². The zero-order chi connectivity index (χ0) is 4.28. The summed E-state index contributed by atoms with van der Waals surface area (Å²) in [6.07, 6.45) is 0.833. The normalized spacial score (nSPS) is 4.00. The van der Waals surface area contributed by atoms with Gasteiger partial charge in [-0.15, -0.1) is 0 Å². The monoisotopic (exact) mass is 194 g/mol. The van der Waals surface area contributed by atoms with Gasteiger partial charge in [0.25, 0.3) is 0 Å². The van der Waals surface area contributed by atoms with E-state index in [-0.39, 0.29) is 37.2 Å². The number of hydrogen-bond donors (Lipinski definition) is 1. The van der Waals surface area contributed by atoms with Gasteiger partial charge in [-0.25, -0.2) is 4.79 Å². The van der Waals surface area contributed by atoms with Gasteiger partial charge in [0.1, 0.15) is 0 Å². The number of carboxylic acid groups (broad SMARTS) is 1. The van der Waals surface area contributed by atoms with E-state index >= 15 is 0 Å². The van der Waals surface area contributed by atoms with E-state index in [4.69, 9.17) is 5.11 Å². The first-order valence-electron chi connectivity index (χ1n) is 1.12. The summed E-state index contributed by atoms with van der Waals surface area (Å²) in [5.74, 6) is -0.981. The van der Waals surface area contributed by atoms with Gasteiger partial charge in [-0.05, 0) is 0 Å². The molecule has 1 N–H and O–H groups in total. The van der Waals surface area contributed by atoms with Crippen molar-refractivity contribution in [1.29, 1.82) is 0 Å². The van der Waals surface area contributed by atoms with Crippen LogP contribution in [0.4, 0.5) is 0 Å². The van der Waals surface area contributed by atoms with Crippen molar-refractivity contribution in [3.63, 3.8) is 0 Å². The molecule has 0 spiro atoms. The number of hydrogen-bond acceptors (Lipinski definition) is 1. The fraction of sp³-hybridized carbons (Fsp3) is 0. The summed E-state index contributed by atoms with van der Waals surface area (Å²) in [6.45, 7) is 2.96. The largest absolute Gasteiger partial charge is 4.00 e. The Kier molecular flexibility index (Phi) is 48.2. The second-order valence-corrected chi connectivity index (χ2v) is 0.542. The van der Waals surface area contributed by atoms with E-state index in [1.165, 1.54) is 0 Å². The van der Waals surface area contributed by atoms with Gasteiger partial charge >= 0.3 is 32.2 Å². The smallest absolute Gasteiger partial charge is 2.00 e. The molecule has 0 fully saturated rings. The summed E-state index contributed by atoms with van der Waals surface area (Å²) in [7, 11) is 0. The Hall–Kier alpha value is 0.0131. The van der Waals surface area contributed by atoms with Crippen LogP contribution in [0.5, 0.6) is 0 Å². The second kappa shape index (κ2) is 15.7. The average molecular weight is 195 g/mol. The molecular formula is C3H4O4Zr. The Morgan fingerprint density at radius 1 is 1.50 bits per heavy atom.